The molecule has 0 saturated heterocycles. The second-order valence-electron chi connectivity index (χ2n) is 2.88. The number of carbonyl (C=O) groups is 1. The second-order valence-corrected chi connectivity index (χ2v) is 4.39. The number of nitrogens with one attached hydrogen (secondary N) is 1. The molecule has 0 fully saturated rings. The van der Waals surface area contributed by atoms with E-state index in [2.05, 4.69) is 5.32 Å². The van der Waals surface area contributed by atoms with Crippen molar-refractivity contribution in [2.45, 2.75) is 4.90 Å². The van der Waals surface area contributed by atoms with Gasteiger partial charge in [-0.05, 0) is 12.1 Å². The van der Waals surface area contributed by atoms with E-state index in [4.69, 9.17) is 16.7 Å². The molecule has 1 aromatic carbocycles. The molecule has 5 heteroatoms. The van der Waals surface area contributed by atoms with Crippen LogP contribution in [0.3, 0.4) is 0 Å². The van der Waals surface area contributed by atoms with Crippen LogP contribution >= 0.6 is 23.4 Å². The number of carboxylic acids is 1. The first kappa shape index (κ1) is 9.68. The number of benzene rings is 1. The molecule has 1 aliphatic rings. The first-order valence-electron chi connectivity index (χ1n) is 4.12. The summed E-state index contributed by atoms with van der Waals surface area (Å²) in [5.41, 5.74) is 0.942. The third-order valence-electron chi connectivity index (χ3n) is 1.99. The summed E-state index contributed by atoms with van der Waals surface area (Å²) in [6.07, 6.45) is 0. The number of thioether (sulfide) groups is 1. The molecule has 1 heterocycles. The molecular formula is C9H8ClNO2S. The van der Waals surface area contributed by atoms with Crippen LogP contribution in [0.1, 0.15) is 10.4 Å². The zero-order valence-corrected chi connectivity index (χ0v) is 8.78. The Morgan fingerprint density at radius 2 is 2.36 bits per heavy atom. The van der Waals surface area contributed by atoms with Crippen LogP contribution in [0.2, 0.25) is 5.02 Å². The standard InChI is InChI=1S/C9H8ClNO2S/c10-6-2-1-5(9(12)13)7-8(6)14-4-3-11-7/h1-2,11H,3-4H2,(H,12,13). The lowest BCUT2D eigenvalue weighted by atomic mass is 10.1. The third-order valence-corrected chi connectivity index (χ3v) is 3.54. The minimum absolute atomic E-state index is 0.289. The molecular weight excluding hydrogens is 222 g/mol. The van der Waals surface area contributed by atoms with Crippen molar-refractivity contribution in [3.05, 3.63) is 22.7 Å². The van der Waals surface area contributed by atoms with Gasteiger partial charge < -0.3 is 10.4 Å². The van der Waals surface area contributed by atoms with Crippen molar-refractivity contribution < 1.29 is 9.90 Å². The SMILES string of the molecule is O=C(O)c1ccc(Cl)c2c1NCCS2. The highest BCUT2D eigenvalue weighted by Gasteiger charge is 2.19. The summed E-state index contributed by atoms with van der Waals surface area (Å²) < 4.78 is 0. The summed E-state index contributed by atoms with van der Waals surface area (Å²) in [5.74, 6) is -0.0107. The molecule has 0 aliphatic carbocycles. The van der Waals surface area contributed by atoms with Crippen molar-refractivity contribution >= 4 is 35.0 Å². The Balaban J connectivity index is 2.59. The molecule has 0 spiro atoms. The van der Waals surface area contributed by atoms with Gasteiger partial charge in [0.2, 0.25) is 0 Å². The summed E-state index contributed by atoms with van der Waals surface area (Å²) in [7, 11) is 0. The molecule has 14 heavy (non-hydrogen) atoms. The van der Waals surface area contributed by atoms with Crippen LogP contribution in [-0.4, -0.2) is 23.4 Å². The first-order valence-corrected chi connectivity index (χ1v) is 5.49. The minimum atomic E-state index is -0.923. The maximum atomic E-state index is 10.9. The quantitative estimate of drug-likeness (QED) is 0.777. The van der Waals surface area contributed by atoms with E-state index in [0.717, 1.165) is 17.2 Å². The lowest BCUT2D eigenvalue weighted by Crippen LogP contribution is -2.14. The molecule has 3 nitrogen and oxygen atoms in total. The van der Waals surface area contributed by atoms with Crippen molar-refractivity contribution in [1.82, 2.24) is 0 Å². The van der Waals surface area contributed by atoms with E-state index in [0.29, 0.717) is 10.7 Å². The third kappa shape index (κ3) is 1.55. The number of carboxylic acid groups (broad SMARTS) is 1. The van der Waals surface area contributed by atoms with Gasteiger partial charge in [0.1, 0.15) is 0 Å². The van der Waals surface area contributed by atoms with Gasteiger partial charge in [-0.1, -0.05) is 11.6 Å². The van der Waals surface area contributed by atoms with Gasteiger partial charge in [0.05, 0.1) is 21.2 Å². The zero-order chi connectivity index (χ0) is 10.1. The average Bonchev–Trinajstić information content (AvgIpc) is 2.18. The number of hydrogen-bond donors (Lipinski definition) is 2. The minimum Gasteiger partial charge on any atom is -0.478 e. The summed E-state index contributed by atoms with van der Waals surface area (Å²) in [5, 5.41) is 12.6. The molecule has 1 aromatic rings. The monoisotopic (exact) mass is 229 g/mol. The normalized spacial score (nSPS) is 14.4. The number of rotatable bonds is 1. The Morgan fingerprint density at radius 3 is 3.07 bits per heavy atom. The van der Waals surface area contributed by atoms with Crippen LogP contribution in [0.25, 0.3) is 0 Å². The number of anilines is 1. The van der Waals surface area contributed by atoms with Crippen molar-refractivity contribution in [2.24, 2.45) is 0 Å². The van der Waals surface area contributed by atoms with Crippen LogP contribution in [0.5, 0.6) is 0 Å². The van der Waals surface area contributed by atoms with E-state index in [1.165, 1.54) is 6.07 Å². The van der Waals surface area contributed by atoms with Crippen molar-refractivity contribution in [2.75, 3.05) is 17.6 Å². The van der Waals surface area contributed by atoms with Crippen LogP contribution in [0.15, 0.2) is 17.0 Å². The molecule has 74 valence electrons. The van der Waals surface area contributed by atoms with E-state index >= 15 is 0 Å². The number of hydrogen-bond acceptors (Lipinski definition) is 3. The van der Waals surface area contributed by atoms with Gasteiger partial charge in [-0.3, -0.25) is 0 Å². The van der Waals surface area contributed by atoms with Crippen LogP contribution < -0.4 is 5.32 Å². The molecule has 0 bridgehead atoms. The summed E-state index contributed by atoms with van der Waals surface area (Å²) in [6.45, 7) is 0.776. The Labute approximate surface area is 90.5 Å². The van der Waals surface area contributed by atoms with E-state index in [1.807, 2.05) is 0 Å². The number of aromatic carboxylic acids is 1. The molecule has 2 rings (SSSR count). The Bertz CT molecular complexity index is 395. The topological polar surface area (TPSA) is 49.3 Å². The summed E-state index contributed by atoms with van der Waals surface area (Å²) in [4.78, 5) is 11.7. The average molecular weight is 230 g/mol. The highest BCUT2D eigenvalue weighted by atomic mass is 35.5. The largest absolute Gasteiger partial charge is 0.478 e. The van der Waals surface area contributed by atoms with Crippen LogP contribution in [0.4, 0.5) is 5.69 Å². The highest BCUT2D eigenvalue weighted by Crippen LogP contribution is 2.39. The van der Waals surface area contributed by atoms with E-state index < -0.39 is 5.97 Å². The number of fused-ring (bicyclic) bond motifs is 1. The maximum Gasteiger partial charge on any atom is 0.337 e. The maximum absolute atomic E-state index is 10.9. The predicted molar refractivity (Wildman–Crippen MR) is 57.6 cm³/mol. The predicted octanol–water partition coefficient (Wildman–Crippen LogP) is 2.56. The number of halogens is 1. The van der Waals surface area contributed by atoms with E-state index in [1.54, 1.807) is 17.8 Å². The van der Waals surface area contributed by atoms with Gasteiger partial charge in [0.25, 0.3) is 0 Å². The van der Waals surface area contributed by atoms with E-state index in [9.17, 15) is 4.79 Å². The zero-order valence-electron chi connectivity index (χ0n) is 7.21. The Morgan fingerprint density at radius 1 is 1.57 bits per heavy atom. The molecule has 1 aliphatic heterocycles. The fourth-order valence-corrected chi connectivity index (χ4v) is 2.64. The molecule has 2 N–H and O–H groups in total. The smallest absolute Gasteiger partial charge is 0.337 e. The second kappa shape index (κ2) is 3.71. The molecule has 0 radical (unpaired) electrons. The van der Waals surface area contributed by atoms with Gasteiger partial charge in [-0.25, -0.2) is 4.79 Å². The van der Waals surface area contributed by atoms with E-state index in [-0.39, 0.29) is 5.56 Å². The lowest BCUT2D eigenvalue weighted by molar-refractivity contribution is 0.0697. The molecule has 0 aromatic heterocycles. The fraction of sp³-hybridized carbons (Fsp3) is 0.222. The highest BCUT2D eigenvalue weighted by molar-refractivity contribution is 7.99. The molecule has 0 unspecified atom stereocenters. The summed E-state index contributed by atoms with van der Waals surface area (Å²) in [6, 6.07) is 3.16. The Kier molecular flexibility index (Phi) is 2.56. The van der Waals surface area contributed by atoms with Crippen molar-refractivity contribution in [1.29, 1.82) is 0 Å². The van der Waals surface area contributed by atoms with Gasteiger partial charge in [-0.15, -0.1) is 11.8 Å². The van der Waals surface area contributed by atoms with Crippen molar-refractivity contribution in [3.8, 4) is 0 Å². The fourth-order valence-electron chi connectivity index (χ4n) is 1.38. The molecule has 0 saturated carbocycles. The molecule has 0 atom stereocenters. The van der Waals surface area contributed by atoms with Gasteiger partial charge in [0, 0.05) is 12.3 Å². The van der Waals surface area contributed by atoms with Crippen LogP contribution in [-0.2, 0) is 0 Å². The van der Waals surface area contributed by atoms with Gasteiger partial charge in [-0.2, -0.15) is 0 Å². The van der Waals surface area contributed by atoms with Crippen LogP contribution in [0, 0.1) is 0 Å². The summed E-state index contributed by atoms with van der Waals surface area (Å²) >= 11 is 7.55. The molecule has 0 amide bonds. The van der Waals surface area contributed by atoms with Gasteiger partial charge in [0.15, 0.2) is 0 Å². The first-order chi connectivity index (χ1) is 6.70. The van der Waals surface area contributed by atoms with Gasteiger partial charge >= 0.3 is 5.97 Å². The van der Waals surface area contributed by atoms with Crippen molar-refractivity contribution in [3.63, 3.8) is 0 Å². The Hall–Kier alpha value is -0.870. The lowest BCUT2D eigenvalue weighted by Gasteiger charge is -2.20.